The zero-order valence-electron chi connectivity index (χ0n) is 21.0. The average Bonchev–Trinajstić information content (AvgIpc) is 3.48. The number of nitrogens with zero attached hydrogens (tertiary/aromatic N) is 5. The number of aryl methyl sites for hydroxylation is 1. The average molecular weight is 665 g/mol. The molecule has 2 fully saturated rings. The number of rotatable bonds is 11. The first-order chi connectivity index (χ1) is 19.5. The van der Waals surface area contributed by atoms with Gasteiger partial charge in [0.05, 0.1) is 5.51 Å². The number of H-pyrrole nitrogens is 1. The van der Waals surface area contributed by atoms with Gasteiger partial charge in [-0.25, -0.2) is 9.78 Å². The number of hydrogen-bond donors (Lipinski definition) is 4. The van der Waals surface area contributed by atoms with Gasteiger partial charge in [-0.1, -0.05) is 16.9 Å². The van der Waals surface area contributed by atoms with Crippen molar-refractivity contribution in [3.05, 3.63) is 37.3 Å². The Morgan fingerprint density at radius 2 is 2.17 bits per heavy atom. The molecule has 2 aliphatic rings. The maximum atomic E-state index is 13.1. The van der Waals surface area contributed by atoms with Crippen molar-refractivity contribution in [1.29, 1.82) is 0 Å². The number of carboxylic acid groups (broad SMARTS) is 1. The number of carboxylic acids is 1. The predicted octanol–water partition coefficient (Wildman–Crippen LogP) is -1.01. The Morgan fingerprint density at radius 3 is 2.80 bits per heavy atom. The number of nitrogens with one attached hydrogen (secondary N) is 3. The molecule has 2 aromatic heterocycles. The smallest absolute Gasteiger partial charge is 0.339 e. The minimum atomic E-state index is -1.35. The molecular formula is C20H21ClN8O8S4. The number of aromatic amines is 1. The maximum absolute atomic E-state index is 13.1. The third-order valence-electron chi connectivity index (χ3n) is 5.79. The van der Waals surface area contributed by atoms with Gasteiger partial charge in [0, 0.05) is 18.2 Å². The Kier molecular flexibility index (Phi) is 9.67. The number of aromatic nitrogens is 4. The van der Waals surface area contributed by atoms with Crippen molar-refractivity contribution in [3.8, 4) is 0 Å². The summed E-state index contributed by atoms with van der Waals surface area (Å²) in [4.78, 5) is 87.3. The third kappa shape index (κ3) is 6.40. The zero-order chi connectivity index (χ0) is 29.9. The molecule has 4 rings (SSSR count). The van der Waals surface area contributed by atoms with Crippen LogP contribution >= 0.6 is 58.2 Å². The Morgan fingerprint density at radius 1 is 1.41 bits per heavy atom. The molecule has 0 aromatic carbocycles. The molecule has 3 unspecified atom stereocenters. The molecule has 2 saturated heterocycles. The second kappa shape index (κ2) is 12.8. The van der Waals surface area contributed by atoms with Gasteiger partial charge >= 0.3 is 17.1 Å². The van der Waals surface area contributed by atoms with Gasteiger partial charge in [-0.15, -0.1) is 46.5 Å². The summed E-state index contributed by atoms with van der Waals surface area (Å²) in [5.74, 6) is -3.40. The van der Waals surface area contributed by atoms with Crippen molar-refractivity contribution >= 4 is 88.1 Å². The standard InChI is InChI=1S/C20H21ClN8O8S4/c1-28-19(26-13(32)14(33)27-28)41-20(38-2)6-40-17-11(16(34)29(17)12(20)18(35)36)24-10(31)4-23-37-15(25-9(30)3-21)8-5-39-7-22-8/h4-5,7,11-12,15,17H,3,6H2,1-2H3,(H,24,31)(H,25,30)(H,27,33)(H,35,36)/t11-,12?,15?,17+,20?/m1/s1. The van der Waals surface area contributed by atoms with E-state index in [2.05, 4.69) is 30.9 Å². The molecule has 3 amide bonds. The normalized spacial score (nSPS) is 24.3. The van der Waals surface area contributed by atoms with Crippen molar-refractivity contribution in [2.75, 3.05) is 17.9 Å². The van der Waals surface area contributed by atoms with Crippen molar-refractivity contribution < 1.29 is 29.1 Å². The Bertz CT molecular complexity index is 1490. The number of carbonyl (C=O) groups excluding carboxylic acids is 3. The molecule has 0 bridgehead atoms. The van der Waals surface area contributed by atoms with Gasteiger partial charge in [-0.05, 0) is 6.26 Å². The van der Waals surface area contributed by atoms with E-state index in [1.807, 2.05) is 0 Å². The maximum Gasteiger partial charge on any atom is 0.339 e. The number of hydrogen-bond acceptors (Lipinski definition) is 14. The summed E-state index contributed by atoms with van der Waals surface area (Å²) < 4.78 is 0.0328. The highest BCUT2D eigenvalue weighted by Crippen LogP contribution is 2.54. The van der Waals surface area contributed by atoms with Crippen LogP contribution in [0, 0.1) is 0 Å². The van der Waals surface area contributed by atoms with Crippen molar-refractivity contribution in [2.45, 2.75) is 32.9 Å². The molecule has 4 N–H and O–H groups in total. The number of fused-ring (bicyclic) bond motifs is 1. The van der Waals surface area contributed by atoms with E-state index in [1.54, 1.807) is 11.6 Å². The molecule has 0 spiro atoms. The minimum absolute atomic E-state index is 0.0708. The van der Waals surface area contributed by atoms with Crippen LogP contribution in [0.4, 0.5) is 0 Å². The van der Waals surface area contributed by atoms with Gasteiger partial charge in [-0.2, -0.15) is 4.98 Å². The van der Waals surface area contributed by atoms with Crippen LogP contribution in [0.25, 0.3) is 0 Å². The number of alkyl halides is 1. The second-order valence-electron chi connectivity index (χ2n) is 8.33. The molecule has 220 valence electrons. The number of aliphatic carboxylic acids is 1. The highest BCUT2D eigenvalue weighted by atomic mass is 35.5. The van der Waals surface area contributed by atoms with E-state index in [1.165, 1.54) is 57.0 Å². The van der Waals surface area contributed by atoms with E-state index in [0.717, 1.165) is 18.0 Å². The molecule has 16 nitrogen and oxygen atoms in total. The summed E-state index contributed by atoms with van der Waals surface area (Å²) >= 11 is 10.1. The molecule has 21 heteroatoms. The first-order valence-electron chi connectivity index (χ1n) is 11.3. The number of amides is 3. The summed E-state index contributed by atoms with van der Waals surface area (Å²) in [6.45, 7) is 0. The van der Waals surface area contributed by atoms with Crippen LogP contribution in [-0.2, 0) is 31.1 Å². The van der Waals surface area contributed by atoms with Gasteiger partial charge in [0.2, 0.25) is 18.0 Å². The van der Waals surface area contributed by atoms with Gasteiger partial charge in [-0.3, -0.25) is 33.8 Å². The Hall–Kier alpha value is -3.07. The number of thiazole rings is 1. The lowest BCUT2D eigenvalue weighted by Crippen LogP contribution is -2.78. The minimum Gasteiger partial charge on any atom is -0.480 e. The van der Waals surface area contributed by atoms with E-state index in [0.29, 0.717) is 5.69 Å². The number of β-lactam (4-membered cyclic amide) rings is 1. The van der Waals surface area contributed by atoms with Crippen molar-refractivity contribution in [1.82, 2.24) is 35.3 Å². The van der Waals surface area contributed by atoms with Crippen LogP contribution in [0.3, 0.4) is 0 Å². The van der Waals surface area contributed by atoms with Crippen LogP contribution in [0.1, 0.15) is 11.9 Å². The zero-order valence-corrected chi connectivity index (χ0v) is 25.0. The summed E-state index contributed by atoms with van der Waals surface area (Å²) in [6, 6.07) is -2.38. The fraction of sp³-hybridized carbons (Fsp3) is 0.450. The van der Waals surface area contributed by atoms with E-state index >= 15 is 0 Å². The van der Waals surface area contributed by atoms with E-state index in [-0.39, 0.29) is 16.8 Å². The topological polar surface area (TPSA) is 218 Å². The van der Waals surface area contributed by atoms with E-state index in [9.17, 15) is 33.9 Å². The quantitative estimate of drug-likeness (QED) is 0.0566. The lowest BCUT2D eigenvalue weighted by atomic mass is 10.0. The van der Waals surface area contributed by atoms with Crippen LogP contribution in [0.5, 0.6) is 0 Å². The van der Waals surface area contributed by atoms with Crippen molar-refractivity contribution in [3.63, 3.8) is 0 Å². The summed E-state index contributed by atoms with van der Waals surface area (Å²) in [7, 11) is 1.45. The molecular weight excluding hydrogens is 644 g/mol. The van der Waals surface area contributed by atoms with Gasteiger partial charge in [0.25, 0.3) is 5.91 Å². The molecule has 5 atom stereocenters. The fourth-order valence-corrected chi connectivity index (χ4v) is 8.92. The Labute approximate surface area is 252 Å². The monoisotopic (exact) mass is 664 g/mol. The highest BCUT2D eigenvalue weighted by molar-refractivity contribution is 8.19. The predicted molar refractivity (Wildman–Crippen MR) is 152 cm³/mol. The molecule has 0 saturated carbocycles. The first kappa shape index (κ1) is 30.9. The van der Waals surface area contributed by atoms with Crippen LogP contribution in [-0.4, -0.2) is 99.1 Å². The third-order valence-corrected chi connectivity index (χ3v) is 11.5. The number of oxime groups is 1. The van der Waals surface area contributed by atoms with E-state index in [4.69, 9.17) is 16.4 Å². The Balaban J connectivity index is 1.45. The second-order valence-corrected chi connectivity index (χ2v) is 13.1. The fourth-order valence-electron chi connectivity index (χ4n) is 3.89. The lowest BCUT2D eigenvalue weighted by molar-refractivity contribution is -0.162. The molecule has 0 aliphatic carbocycles. The largest absolute Gasteiger partial charge is 0.480 e. The molecule has 4 heterocycles. The van der Waals surface area contributed by atoms with Crippen LogP contribution in [0.2, 0.25) is 0 Å². The first-order valence-corrected chi connectivity index (χ1v) is 15.9. The van der Waals surface area contributed by atoms with Gasteiger partial charge in [0.1, 0.15) is 33.3 Å². The number of thioether (sulfide) groups is 3. The summed E-state index contributed by atoms with van der Waals surface area (Å²) in [5.41, 5.74) is -0.103. The number of carbonyl (C=O) groups is 4. The highest BCUT2D eigenvalue weighted by Gasteiger charge is 2.63. The van der Waals surface area contributed by atoms with Crippen molar-refractivity contribution in [2.24, 2.45) is 12.2 Å². The molecule has 2 aromatic rings. The molecule has 41 heavy (non-hydrogen) atoms. The van der Waals surface area contributed by atoms with Crippen LogP contribution in [0.15, 0.2) is 30.8 Å². The molecule has 0 radical (unpaired) electrons. The van der Waals surface area contributed by atoms with E-state index < -0.39 is 62.6 Å². The SMILES string of the molecule is CSC1(Sc2nc(=O)c(=O)[nH]n2C)CS[C@H]2[C@H](NC(=O)C=NOC(NC(=O)CCl)c3cscn3)C(=O)N2C1C(=O)O. The summed E-state index contributed by atoms with van der Waals surface area (Å²) in [6.07, 6.45) is 1.34. The lowest BCUT2D eigenvalue weighted by Gasteiger charge is -2.57. The van der Waals surface area contributed by atoms with Gasteiger partial charge < -0.3 is 25.5 Å². The van der Waals surface area contributed by atoms with Gasteiger partial charge in [0.15, 0.2) is 11.2 Å². The summed E-state index contributed by atoms with van der Waals surface area (Å²) in [5, 5.41) is 22.0. The van der Waals surface area contributed by atoms with Crippen LogP contribution < -0.4 is 21.8 Å². The number of halogens is 1. The molecule has 2 aliphatic heterocycles.